The van der Waals surface area contributed by atoms with Gasteiger partial charge < -0.3 is 9.88 Å². The molecule has 0 saturated heterocycles. The van der Waals surface area contributed by atoms with Crippen LogP contribution in [0.4, 0.5) is 11.4 Å². The summed E-state index contributed by atoms with van der Waals surface area (Å²) in [6, 6.07) is 10.7. The Morgan fingerprint density at radius 3 is 2.75 bits per heavy atom. The molecule has 0 amide bonds. The number of H-pyrrole nitrogens is 1. The van der Waals surface area contributed by atoms with Crippen LogP contribution in [0.3, 0.4) is 0 Å². The predicted molar refractivity (Wildman–Crippen MR) is 92.3 cm³/mol. The highest BCUT2D eigenvalue weighted by Gasteiger charge is 2.20. The monoisotopic (exact) mass is 324 g/mol. The van der Waals surface area contributed by atoms with Gasteiger partial charge in [-0.1, -0.05) is 24.3 Å². The number of aryl methyl sites for hydroxylation is 1. The number of rotatable bonds is 4. The molecule has 3 rings (SSSR count). The number of nitro groups is 1. The van der Waals surface area contributed by atoms with E-state index < -0.39 is 10.5 Å². The first kappa shape index (κ1) is 15.7. The maximum Gasteiger partial charge on any atom is 0.293 e. The molecule has 0 unspecified atom stereocenters. The smallest absolute Gasteiger partial charge is 0.293 e. The van der Waals surface area contributed by atoms with E-state index in [0.717, 1.165) is 11.1 Å². The summed E-state index contributed by atoms with van der Waals surface area (Å²) < 4.78 is 0. The van der Waals surface area contributed by atoms with Crippen molar-refractivity contribution in [1.82, 2.24) is 9.97 Å². The van der Waals surface area contributed by atoms with E-state index in [1.807, 2.05) is 31.2 Å². The Kier molecular flexibility index (Phi) is 3.99. The molecule has 3 aromatic rings. The molecule has 0 saturated carbocycles. The van der Waals surface area contributed by atoms with E-state index in [2.05, 4.69) is 9.97 Å². The molecule has 24 heavy (non-hydrogen) atoms. The normalized spacial score (nSPS) is 10.8. The fraction of sp³-hybridized carbons (Fsp3) is 0.176. The van der Waals surface area contributed by atoms with Gasteiger partial charge in [-0.3, -0.25) is 14.9 Å². The standard InChI is InChI=1S/C17H16N4O3/c1-11-5-3-4-6-12(11)9-20(2)15-8-14-13(7-16(15)21(23)24)17(22)19-10-18-14/h3-8,10H,9H2,1-2H3,(H,18,19,22). The molecule has 1 aromatic heterocycles. The lowest BCUT2D eigenvalue weighted by molar-refractivity contribution is -0.384. The van der Waals surface area contributed by atoms with E-state index in [1.54, 1.807) is 18.0 Å². The van der Waals surface area contributed by atoms with Crippen LogP contribution in [0.5, 0.6) is 0 Å². The first-order valence-electron chi connectivity index (χ1n) is 7.39. The molecule has 1 heterocycles. The predicted octanol–water partition coefficient (Wildman–Crippen LogP) is 2.78. The zero-order valence-corrected chi connectivity index (χ0v) is 13.3. The van der Waals surface area contributed by atoms with Gasteiger partial charge in [-0.25, -0.2) is 4.98 Å². The van der Waals surface area contributed by atoms with Crippen LogP contribution in [0.2, 0.25) is 0 Å². The van der Waals surface area contributed by atoms with Gasteiger partial charge in [0.15, 0.2) is 0 Å². The highest BCUT2D eigenvalue weighted by Crippen LogP contribution is 2.31. The van der Waals surface area contributed by atoms with Crippen molar-refractivity contribution in [3.63, 3.8) is 0 Å². The number of aromatic nitrogens is 2. The second kappa shape index (κ2) is 6.11. The summed E-state index contributed by atoms with van der Waals surface area (Å²) in [4.78, 5) is 31.1. The molecule has 0 aliphatic carbocycles. The van der Waals surface area contributed by atoms with Crippen LogP contribution in [-0.4, -0.2) is 21.9 Å². The Hall–Kier alpha value is -3.22. The lowest BCUT2D eigenvalue weighted by atomic mass is 10.1. The fourth-order valence-corrected chi connectivity index (χ4v) is 2.67. The summed E-state index contributed by atoms with van der Waals surface area (Å²) in [5, 5.41) is 11.7. The first-order chi connectivity index (χ1) is 11.5. The maximum absolute atomic E-state index is 11.8. The molecule has 0 fully saturated rings. The van der Waals surface area contributed by atoms with E-state index in [-0.39, 0.29) is 11.1 Å². The third kappa shape index (κ3) is 2.83. The molecule has 2 aromatic carbocycles. The van der Waals surface area contributed by atoms with Gasteiger partial charge in [0.05, 0.1) is 22.2 Å². The molecule has 1 N–H and O–H groups in total. The zero-order valence-electron chi connectivity index (χ0n) is 13.3. The summed E-state index contributed by atoms with van der Waals surface area (Å²) in [6.45, 7) is 2.52. The maximum atomic E-state index is 11.8. The highest BCUT2D eigenvalue weighted by atomic mass is 16.6. The van der Waals surface area contributed by atoms with E-state index in [1.165, 1.54) is 12.4 Å². The van der Waals surface area contributed by atoms with E-state index in [0.29, 0.717) is 17.7 Å². The molecule has 0 atom stereocenters. The fourth-order valence-electron chi connectivity index (χ4n) is 2.67. The van der Waals surface area contributed by atoms with Crippen molar-refractivity contribution in [3.8, 4) is 0 Å². The molecule has 122 valence electrons. The number of hydrogen-bond acceptors (Lipinski definition) is 5. The number of aromatic amines is 1. The third-order valence-electron chi connectivity index (χ3n) is 4.01. The highest BCUT2D eigenvalue weighted by molar-refractivity contribution is 5.86. The summed E-state index contributed by atoms with van der Waals surface area (Å²) in [6.07, 6.45) is 1.29. The van der Waals surface area contributed by atoms with Gasteiger partial charge in [-0.15, -0.1) is 0 Å². The Balaban J connectivity index is 2.10. The molecule has 0 spiro atoms. The SMILES string of the molecule is Cc1ccccc1CN(C)c1cc2nc[nH]c(=O)c2cc1[N+](=O)[O-]. The number of hydrogen-bond donors (Lipinski definition) is 1. The number of fused-ring (bicyclic) bond motifs is 1. The van der Waals surface area contributed by atoms with Crippen LogP contribution in [0.1, 0.15) is 11.1 Å². The van der Waals surface area contributed by atoms with Crippen molar-refractivity contribution in [3.05, 3.63) is 74.3 Å². The van der Waals surface area contributed by atoms with Gasteiger partial charge in [0.1, 0.15) is 5.69 Å². The minimum Gasteiger partial charge on any atom is -0.365 e. The van der Waals surface area contributed by atoms with Crippen LogP contribution in [0.15, 0.2) is 47.5 Å². The van der Waals surface area contributed by atoms with Crippen LogP contribution in [0.25, 0.3) is 10.9 Å². The summed E-state index contributed by atoms with van der Waals surface area (Å²) in [5.74, 6) is 0. The summed E-state index contributed by atoms with van der Waals surface area (Å²) in [7, 11) is 1.79. The molecule has 7 heteroatoms. The van der Waals surface area contributed by atoms with Crippen molar-refractivity contribution in [2.75, 3.05) is 11.9 Å². The molecule has 0 bridgehead atoms. The van der Waals surface area contributed by atoms with Crippen LogP contribution >= 0.6 is 0 Å². The second-order valence-electron chi connectivity index (χ2n) is 5.63. The average molecular weight is 324 g/mol. The van der Waals surface area contributed by atoms with Gasteiger partial charge in [-0.2, -0.15) is 0 Å². The van der Waals surface area contributed by atoms with Crippen molar-refractivity contribution in [2.24, 2.45) is 0 Å². The van der Waals surface area contributed by atoms with Gasteiger partial charge in [-0.05, 0) is 24.1 Å². The Labute approximate surface area is 137 Å². The van der Waals surface area contributed by atoms with E-state index >= 15 is 0 Å². The lowest BCUT2D eigenvalue weighted by Gasteiger charge is -2.20. The topological polar surface area (TPSA) is 92.1 Å². The number of nitro benzene ring substituents is 1. The van der Waals surface area contributed by atoms with Crippen LogP contribution in [-0.2, 0) is 6.54 Å². The number of anilines is 1. The average Bonchev–Trinajstić information content (AvgIpc) is 2.56. The van der Waals surface area contributed by atoms with E-state index in [4.69, 9.17) is 0 Å². The van der Waals surface area contributed by atoms with Crippen molar-refractivity contribution < 1.29 is 4.92 Å². The summed E-state index contributed by atoms with van der Waals surface area (Å²) in [5.41, 5.74) is 2.54. The van der Waals surface area contributed by atoms with Crippen molar-refractivity contribution in [2.45, 2.75) is 13.5 Å². The Morgan fingerprint density at radius 2 is 2.04 bits per heavy atom. The molecule has 0 aliphatic heterocycles. The molecular formula is C17H16N4O3. The van der Waals surface area contributed by atoms with Crippen molar-refractivity contribution >= 4 is 22.3 Å². The number of nitrogens with zero attached hydrogens (tertiary/aromatic N) is 3. The summed E-state index contributed by atoms with van der Waals surface area (Å²) >= 11 is 0. The van der Waals surface area contributed by atoms with E-state index in [9.17, 15) is 14.9 Å². The molecule has 7 nitrogen and oxygen atoms in total. The first-order valence-corrected chi connectivity index (χ1v) is 7.39. The minimum absolute atomic E-state index is 0.114. The van der Waals surface area contributed by atoms with Crippen molar-refractivity contribution in [1.29, 1.82) is 0 Å². The third-order valence-corrected chi connectivity index (χ3v) is 4.01. The van der Waals surface area contributed by atoms with Crippen LogP contribution in [0, 0.1) is 17.0 Å². The van der Waals surface area contributed by atoms with Gasteiger partial charge >= 0.3 is 0 Å². The molecular weight excluding hydrogens is 308 g/mol. The zero-order chi connectivity index (χ0) is 17.3. The second-order valence-corrected chi connectivity index (χ2v) is 5.63. The van der Waals surface area contributed by atoms with Gasteiger partial charge in [0.25, 0.3) is 11.2 Å². The largest absolute Gasteiger partial charge is 0.365 e. The van der Waals surface area contributed by atoms with Gasteiger partial charge in [0.2, 0.25) is 0 Å². The lowest BCUT2D eigenvalue weighted by Crippen LogP contribution is -2.19. The number of nitrogens with one attached hydrogen (secondary N) is 1. The minimum atomic E-state index is -0.477. The Bertz CT molecular complexity index is 981. The number of benzene rings is 2. The Morgan fingerprint density at radius 1 is 1.29 bits per heavy atom. The van der Waals surface area contributed by atoms with Gasteiger partial charge in [0, 0.05) is 19.7 Å². The quantitative estimate of drug-likeness (QED) is 0.588. The van der Waals surface area contributed by atoms with Crippen LogP contribution < -0.4 is 10.5 Å². The molecule has 0 radical (unpaired) electrons. The molecule has 0 aliphatic rings.